The maximum Gasteiger partial charge on any atom is 0.244 e. The molecular weight excluding hydrogens is 384 g/mol. The van der Waals surface area contributed by atoms with Crippen LogP contribution in [0.3, 0.4) is 0 Å². The highest BCUT2D eigenvalue weighted by atomic mass is 16.5. The van der Waals surface area contributed by atoms with Gasteiger partial charge in [-0.3, -0.25) is 4.79 Å². The minimum atomic E-state index is -1.53. The van der Waals surface area contributed by atoms with Gasteiger partial charge in [-0.05, 0) is 54.6 Å². The number of aromatic amines is 2. The van der Waals surface area contributed by atoms with E-state index in [0.717, 1.165) is 11.0 Å². The van der Waals surface area contributed by atoms with Crippen molar-refractivity contribution in [3.63, 3.8) is 0 Å². The lowest BCUT2D eigenvalue weighted by Gasteiger charge is -2.22. The summed E-state index contributed by atoms with van der Waals surface area (Å²) in [6.45, 7) is 0. The number of aliphatic hydroxyl groups is 1. The molecule has 2 aromatic heterocycles. The Morgan fingerprint density at radius 3 is 2.67 bits per heavy atom. The molecule has 0 radical (unpaired) electrons. The van der Waals surface area contributed by atoms with Crippen LogP contribution in [0.2, 0.25) is 0 Å². The van der Waals surface area contributed by atoms with E-state index in [1.54, 1.807) is 36.4 Å². The molecule has 0 amide bonds. The fourth-order valence-electron chi connectivity index (χ4n) is 3.82. The van der Waals surface area contributed by atoms with E-state index in [4.69, 9.17) is 9.47 Å². The molecular formula is C22H20N4O4. The summed E-state index contributed by atoms with van der Waals surface area (Å²) >= 11 is 0. The Labute approximate surface area is 171 Å². The van der Waals surface area contributed by atoms with Gasteiger partial charge in [-0.15, -0.1) is 0 Å². The third-order valence-corrected chi connectivity index (χ3v) is 5.29. The molecule has 5 heterocycles. The van der Waals surface area contributed by atoms with Crippen LogP contribution in [0.1, 0.15) is 16.2 Å². The van der Waals surface area contributed by atoms with Crippen LogP contribution in [0.5, 0.6) is 0 Å². The zero-order chi connectivity index (χ0) is 20.9. The number of allylic oxidation sites excluding steroid dienone is 3. The van der Waals surface area contributed by atoms with Gasteiger partial charge >= 0.3 is 0 Å². The molecule has 2 atom stereocenters. The van der Waals surface area contributed by atoms with Crippen molar-refractivity contribution in [3.8, 4) is 0 Å². The first-order valence-corrected chi connectivity index (χ1v) is 9.39. The summed E-state index contributed by atoms with van der Waals surface area (Å²) in [6, 6.07) is 7.25. The van der Waals surface area contributed by atoms with Gasteiger partial charge in [0.2, 0.25) is 17.2 Å². The van der Waals surface area contributed by atoms with Gasteiger partial charge < -0.3 is 29.9 Å². The minimum absolute atomic E-state index is 0.300. The number of nitrogens with one attached hydrogen (secondary N) is 3. The Morgan fingerprint density at radius 1 is 1.03 bits per heavy atom. The lowest BCUT2D eigenvalue weighted by atomic mass is 10.1. The van der Waals surface area contributed by atoms with Gasteiger partial charge in [0.05, 0.1) is 18.5 Å². The number of ketones is 1. The second-order valence-electron chi connectivity index (χ2n) is 7.29. The number of carbonyl (C=O) groups is 1. The Balaban J connectivity index is 1.73. The van der Waals surface area contributed by atoms with E-state index in [1.165, 1.54) is 14.2 Å². The molecule has 0 saturated carbocycles. The number of rotatable bonds is 2. The topological polar surface area (TPSA) is 112 Å². The SMILES string of the molecule is COC1=CC2=CC3=NC(OC)(C=C3)C(=O)c3ccc([nH]3)C=c3ccc([nH]3)=CC1(O)N2. The van der Waals surface area contributed by atoms with Crippen molar-refractivity contribution in [2.45, 2.75) is 11.4 Å². The smallest absolute Gasteiger partial charge is 0.244 e. The Kier molecular flexibility index (Phi) is 3.96. The largest absolute Gasteiger partial charge is 0.496 e. The van der Waals surface area contributed by atoms with Crippen LogP contribution in [0.25, 0.3) is 12.2 Å². The third-order valence-electron chi connectivity index (χ3n) is 5.29. The van der Waals surface area contributed by atoms with E-state index in [9.17, 15) is 9.90 Å². The molecule has 30 heavy (non-hydrogen) atoms. The highest BCUT2D eigenvalue weighted by Crippen LogP contribution is 2.29. The van der Waals surface area contributed by atoms with E-state index in [0.29, 0.717) is 28.2 Å². The molecule has 0 aliphatic carbocycles. The fraction of sp³-hybridized carbons (Fsp3) is 0.182. The number of ether oxygens (including phenoxy) is 2. The van der Waals surface area contributed by atoms with Crippen LogP contribution in [0.15, 0.2) is 65.0 Å². The van der Waals surface area contributed by atoms with Crippen molar-refractivity contribution >= 4 is 23.6 Å². The molecule has 0 fully saturated rings. The monoisotopic (exact) mass is 404 g/mol. The van der Waals surface area contributed by atoms with E-state index in [-0.39, 0.29) is 5.78 Å². The molecule has 0 spiro atoms. The van der Waals surface area contributed by atoms with E-state index < -0.39 is 11.4 Å². The molecule has 0 saturated heterocycles. The molecule has 152 valence electrons. The first-order chi connectivity index (χ1) is 14.4. The number of aromatic nitrogens is 2. The number of hydrogen-bond donors (Lipinski definition) is 4. The average molecular weight is 404 g/mol. The maximum atomic E-state index is 13.2. The van der Waals surface area contributed by atoms with Crippen molar-refractivity contribution in [3.05, 3.63) is 82.1 Å². The standard InChI is InChI=1S/C22H20N4O4/c1-29-19-11-17-10-15-7-8-22(26-15,30-2)20(27)18-6-5-14(24-18)9-13-3-4-16(23-13)12-21(19,28)25-17/h3-12,23-25,28H,1-2H3. The Morgan fingerprint density at radius 2 is 1.87 bits per heavy atom. The summed E-state index contributed by atoms with van der Waals surface area (Å²) in [5.74, 6) is 0.0364. The number of H-pyrrole nitrogens is 2. The summed E-state index contributed by atoms with van der Waals surface area (Å²) in [7, 11) is 2.94. The Bertz CT molecular complexity index is 1290. The minimum Gasteiger partial charge on any atom is -0.496 e. The zero-order valence-electron chi connectivity index (χ0n) is 16.4. The van der Waals surface area contributed by atoms with Gasteiger partial charge in [0, 0.05) is 35.3 Å². The first-order valence-electron chi connectivity index (χ1n) is 9.39. The molecule has 8 heteroatoms. The average Bonchev–Trinajstić information content (AvgIpc) is 3.49. The van der Waals surface area contributed by atoms with Gasteiger partial charge in [-0.2, -0.15) is 0 Å². The third kappa shape index (κ3) is 2.85. The fourth-order valence-corrected chi connectivity index (χ4v) is 3.82. The quantitative estimate of drug-likeness (QED) is 0.572. The molecule has 3 aliphatic rings. The highest BCUT2D eigenvalue weighted by molar-refractivity contribution is 6.12. The lowest BCUT2D eigenvalue weighted by molar-refractivity contribution is 0.0335. The highest BCUT2D eigenvalue weighted by Gasteiger charge is 2.41. The predicted molar refractivity (Wildman–Crippen MR) is 111 cm³/mol. The summed E-state index contributed by atoms with van der Waals surface area (Å²) in [6.07, 6.45) is 10.2. The molecule has 8 nitrogen and oxygen atoms in total. The van der Waals surface area contributed by atoms with Gasteiger partial charge in [0.15, 0.2) is 5.76 Å². The molecule has 4 N–H and O–H groups in total. The second-order valence-corrected chi connectivity index (χ2v) is 7.29. The second kappa shape index (κ2) is 6.45. The van der Waals surface area contributed by atoms with Crippen molar-refractivity contribution in [2.24, 2.45) is 4.99 Å². The predicted octanol–water partition coefficient (Wildman–Crippen LogP) is 0.208. The summed E-state index contributed by atoms with van der Waals surface area (Å²) < 4.78 is 10.9. The van der Waals surface area contributed by atoms with E-state index >= 15 is 0 Å². The number of methoxy groups -OCH3 is 2. The lowest BCUT2D eigenvalue weighted by Crippen LogP contribution is -2.42. The van der Waals surface area contributed by atoms with Gasteiger partial charge in [-0.25, -0.2) is 4.99 Å². The van der Waals surface area contributed by atoms with Gasteiger partial charge in [0.1, 0.15) is 0 Å². The van der Waals surface area contributed by atoms with Gasteiger partial charge in [0.25, 0.3) is 0 Å². The van der Waals surface area contributed by atoms with Crippen LogP contribution in [-0.4, -0.2) is 52.2 Å². The molecule has 2 unspecified atom stereocenters. The number of fused-ring (bicyclic) bond motifs is 7. The van der Waals surface area contributed by atoms with E-state index in [1.807, 2.05) is 24.3 Å². The number of nitrogens with zero attached hydrogens (tertiary/aromatic N) is 1. The van der Waals surface area contributed by atoms with Crippen molar-refractivity contribution < 1.29 is 19.4 Å². The van der Waals surface area contributed by atoms with Crippen LogP contribution in [0.4, 0.5) is 0 Å². The van der Waals surface area contributed by atoms with Crippen molar-refractivity contribution in [1.29, 1.82) is 0 Å². The summed E-state index contributed by atoms with van der Waals surface area (Å²) in [5.41, 5.74) is -0.729. The molecule has 3 aliphatic heterocycles. The first kappa shape index (κ1) is 18.4. The molecule has 2 aromatic rings. The zero-order valence-corrected chi connectivity index (χ0v) is 16.4. The number of aliphatic imine (C=N–C) groups is 1. The maximum absolute atomic E-state index is 13.2. The van der Waals surface area contributed by atoms with E-state index in [2.05, 4.69) is 20.3 Å². The van der Waals surface area contributed by atoms with Crippen molar-refractivity contribution in [2.75, 3.05) is 14.2 Å². The summed E-state index contributed by atoms with van der Waals surface area (Å²) in [4.78, 5) is 24.0. The number of hydrogen-bond acceptors (Lipinski definition) is 6. The van der Waals surface area contributed by atoms with Crippen LogP contribution >= 0.6 is 0 Å². The molecule has 8 bridgehead atoms. The Hall–Kier alpha value is -3.62. The van der Waals surface area contributed by atoms with Crippen LogP contribution in [0, 0.1) is 0 Å². The normalized spacial score (nSPS) is 26.9. The summed E-state index contributed by atoms with van der Waals surface area (Å²) in [5, 5.41) is 15.7. The molecule has 0 aromatic carbocycles. The van der Waals surface area contributed by atoms with Gasteiger partial charge in [-0.1, -0.05) is 0 Å². The van der Waals surface area contributed by atoms with Crippen LogP contribution < -0.4 is 16.0 Å². The molecule has 5 rings (SSSR count). The van der Waals surface area contributed by atoms with Crippen molar-refractivity contribution in [1.82, 2.24) is 15.3 Å². The number of Topliss-reactive ketones (excluding diaryl/α,β-unsaturated/α-hetero) is 1. The number of carbonyl (C=O) groups excluding carboxylic acids is 1. The van der Waals surface area contributed by atoms with Crippen LogP contribution in [-0.2, 0) is 9.47 Å².